The van der Waals surface area contributed by atoms with Crippen LogP contribution < -0.4 is 16.0 Å². The van der Waals surface area contributed by atoms with Crippen LogP contribution in [0.3, 0.4) is 0 Å². The summed E-state index contributed by atoms with van der Waals surface area (Å²) in [6, 6.07) is 8.11. The van der Waals surface area contributed by atoms with Gasteiger partial charge in [0.1, 0.15) is 5.75 Å². The molecule has 0 saturated carbocycles. The molecule has 1 heterocycles. The van der Waals surface area contributed by atoms with Gasteiger partial charge in [0.15, 0.2) is 0 Å². The molecule has 3 nitrogen and oxygen atoms in total. The lowest BCUT2D eigenvalue weighted by Crippen LogP contribution is -2.28. The number of nitrogens with one attached hydrogen (secondary N) is 1. The minimum Gasteiger partial charge on any atom is -0.491 e. The quantitative estimate of drug-likeness (QED) is 0.650. The molecule has 1 aromatic carbocycles. The van der Waals surface area contributed by atoms with Crippen molar-refractivity contribution >= 4 is 11.3 Å². The van der Waals surface area contributed by atoms with Gasteiger partial charge in [-0.15, -0.1) is 0 Å². The van der Waals surface area contributed by atoms with Crippen molar-refractivity contribution in [3.8, 4) is 5.75 Å². The molecule has 0 amide bonds. The second-order valence-corrected chi connectivity index (χ2v) is 5.59. The molecule has 0 bridgehead atoms. The van der Waals surface area contributed by atoms with Crippen molar-refractivity contribution in [1.82, 2.24) is 5.43 Å². The van der Waals surface area contributed by atoms with E-state index in [-0.39, 0.29) is 12.1 Å². The number of hydrazine groups is 1. The fourth-order valence-electron chi connectivity index (χ4n) is 2.04. The molecular weight excluding hydrogens is 256 g/mol. The highest BCUT2D eigenvalue weighted by molar-refractivity contribution is 7.08. The molecule has 2 rings (SSSR count). The zero-order valence-corrected chi connectivity index (χ0v) is 12.3. The molecule has 0 fully saturated rings. The summed E-state index contributed by atoms with van der Waals surface area (Å²) in [7, 11) is 0. The number of nitrogens with two attached hydrogens (primary N) is 1. The number of thiophene rings is 1. The van der Waals surface area contributed by atoms with Crippen molar-refractivity contribution < 1.29 is 4.74 Å². The maximum Gasteiger partial charge on any atom is 0.119 e. The fourth-order valence-corrected chi connectivity index (χ4v) is 2.92. The van der Waals surface area contributed by atoms with Crippen LogP contribution in [-0.4, -0.2) is 6.10 Å². The average molecular weight is 276 g/mol. The normalized spacial score (nSPS) is 12.7. The highest BCUT2D eigenvalue weighted by atomic mass is 32.1. The summed E-state index contributed by atoms with van der Waals surface area (Å²) in [5.74, 6) is 6.59. The van der Waals surface area contributed by atoms with E-state index >= 15 is 0 Å². The first kappa shape index (κ1) is 14.1. The average Bonchev–Trinajstić information content (AvgIpc) is 2.78. The molecule has 0 aliphatic heterocycles. The zero-order valence-electron chi connectivity index (χ0n) is 11.5. The van der Waals surface area contributed by atoms with Gasteiger partial charge < -0.3 is 4.74 Å². The Morgan fingerprint density at radius 3 is 2.32 bits per heavy atom. The SMILES string of the molecule is Cc1cscc1C(NN)c1ccc(OC(C)C)cc1. The maximum atomic E-state index is 5.71. The first-order valence-electron chi connectivity index (χ1n) is 6.37. The van der Waals surface area contributed by atoms with Crippen LogP contribution in [0.15, 0.2) is 35.0 Å². The molecule has 0 aliphatic carbocycles. The van der Waals surface area contributed by atoms with Gasteiger partial charge in [0.25, 0.3) is 0 Å². The molecule has 102 valence electrons. The van der Waals surface area contributed by atoms with Gasteiger partial charge in [0, 0.05) is 0 Å². The summed E-state index contributed by atoms with van der Waals surface area (Å²) in [4.78, 5) is 0. The van der Waals surface area contributed by atoms with Crippen molar-refractivity contribution in [2.75, 3.05) is 0 Å². The molecule has 2 aromatic rings. The molecule has 0 saturated heterocycles. The van der Waals surface area contributed by atoms with Crippen LogP contribution >= 0.6 is 11.3 Å². The third-order valence-electron chi connectivity index (χ3n) is 2.96. The van der Waals surface area contributed by atoms with Crippen LogP contribution in [0, 0.1) is 6.92 Å². The van der Waals surface area contributed by atoms with Crippen LogP contribution in [0.4, 0.5) is 0 Å². The molecule has 19 heavy (non-hydrogen) atoms. The minimum absolute atomic E-state index is 0.0272. The van der Waals surface area contributed by atoms with Crippen molar-refractivity contribution in [3.63, 3.8) is 0 Å². The Balaban J connectivity index is 2.22. The summed E-state index contributed by atoms with van der Waals surface area (Å²) in [6.07, 6.45) is 0.188. The van der Waals surface area contributed by atoms with Crippen LogP contribution in [0.25, 0.3) is 0 Å². The van der Waals surface area contributed by atoms with E-state index in [1.54, 1.807) is 11.3 Å². The first-order chi connectivity index (χ1) is 9.11. The number of hydrogen-bond donors (Lipinski definition) is 2. The van der Waals surface area contributed by atoms with Gasteiger partial charge in [-0.2, -0.15) is 11.3 Å². The lowest BCUT2D eigenvalue weighted by Gasteiger charge is -2.17. The largest absolute Gasteiger partial charge is 0.491 e. The highest BCUT2D eigenvalue weighted by Crippen LogP contribution is 2.28. The third-order valence-corrected chi connectivity index (χ3v) is 3.84. The van der Waals surface area contributed by atoms with Crippen LogP contribution in [-0.2, 0) is 0 Å². The second kappa shape index (κ2) is 6.19. The second-order valence-electron chi connectivity index (χ2n) is 4.85. The van der Waals surface area contributed by atoms with E-state index in [1.807, 2.05) is 26.0 Å². The van der Waals surface area contributed by atoms with Gasteiger partial charge >= 0.3 is 0 Å². The van der Waals surface area contributed by atoms with E-state index in [4.69, 9.17) is 10.6 Å². The number of rotatable bonds is 5. The standard InChI is InChI=1S/C15H20N2OS/c1-10(2)18-13-6-4-12(5-7-13)15(17-16)14-9-19-8-11(14)3/h4-10,15,17H,16H2,1-3H3. The zero-order chi connectivity index (χ0) is 13.8. The summed E-state index contributed by atoms with van der Waals surface area (Å²) < 4.78 is 5.65. The van der Waals surface area contributed by atoms with Crippen molar-refractivity contribution in [1.29, 1.82) is 0 Å². The Labute approximate surface area is 118 Å². The Kier molecular flexibility index (Phi) is 4.58. The molecule has 0 spiro atoms. The van der Waals surface area contributed by atoms with E-state index in [0.717, 1.165) is 11.3 Å². The van der Waals surface area contributed by atoms with E-state index in [1.165, 1.54) is 11.1 Å². The lowest BCUT2D eigenvalue weighted by molar-refractivity contribution is 0.242. The molecule has 1 atom stereocenters. The van der Waals surface area contributed by atoms with Crippen LogP contribution in [0.1, 0.15) is 36.6 Å². The Bertz CT molecular complexity index is 519. The molecule has 4 heteroatoms. The van der Waals surface area contributed by atoms with Crippen LogP contribution in [0.5, 0.6) is 5.75 Å². The summed E-state index contributed by atoms with van der Waals surface area (Å²) in [5, 5.41) is 4.27. The van der Waals surface area contributed by atoms with E-state index in [2.05, 4.69) is 35.2 Å². The van der Waals surface area contributed by atoms with Crippen molar-refractivity contribution in [2.45, 2.75) is 32.9 Å². The molecule has 0 aliphatic rings. The van der Waals surface area contributed by atoms with Gasteiger partial charge in [-0.25, -0.2) is 5.43 Å². The van der Waals surface area contributed by atoms with E-state index < -0.39 is 0 Å². The minimum atomic E-state index is 0.0272. The lowest BCUT2D eigenvalue weighted by atomic mass is 9.99. The third kappa shape index (κ3) is 3.35. The van der Waals surface area contributed by atoms with Gasteiger partial charge in [0.05, 0.1) is 12.1 Å². The highest BCUT2D eigenvalue weighted by Gasteiger charge is 2.15. The molecule has 3 N–H and O–H groups in total. The Hall–Kier alpha value is -1.36. The van der Waals surface area contributed by atoms with Crippen LogP contribution in [0.2, 0.25) is 0 Å². The van der Waals surface area contributed by atoms with Crippen molar-refractivity contribution in [2.24, 2.45) is 5.84 Å². The molecule has 0 radical (unpaired) electrons. The fraction of sp³-hybridized carbons (Fsp3) is 0.333. The van der Waals surface area contributed by atoms with Gasteiger partial charge in [-0.1, -0.05) is 12.1 Å². The van der Waals surface area contributed by atoms with Gasteiger partial charge in [0.2, 0.25) is 0 Å². The topological polar surface area (TPSA) is 47.3 Å². The van der Waals surface area contributed by atoms with Gasteiger partial charge in [-0.3, -0.25) is 5.84 Å². The summed E-state index contributed by atoms with van der Waals surface area (Å²) >= 11 is 1.70. The smallest absolute Gasteiger partial charge is 0.119 e. The number of aryl methyl sites for hydroxylation is 1. The monoisotopic (exact) mass is 276 g/mol. The predicted octanol–water partition coefficient (Wildman–Crippen LogP) is 3.40. The maximum absolute atomic E-state index is 5.71. The van der Waals surface area contributed by atoms with E-state index in [0.29, 0.717) is 0 Å². The molecule has 1 aromatic heterocycles. The molecule has 1 unspecified atom stereocenters. The Morgan fingerprint density at radius 2 is 1.84 bits per heavy atom. The Morgan fingerprint density at radius 1 is 1.16 bits per heavy atom. The number of hydrogen-bond acceptors (Lipinski definition) is 4. The van der Waals surface area contributed by atoms with E-state index in [9.17, 15) is 0 Å². The number of ether oxygens (including phenoxy) is 1. The van der Waals surface area contributed by atoms with Crippen molar-refractivity contribution in [3.05, 3.63) is 51.7 Å². The molecular formula is C15H20N2OS. The predicted molar refractivity (Wildman–Crippen MR) is 80.4 cm³/mol. The number of benzene rings is 1. The first-order valence-corrected chi connectivity index (χ1v) is 7.31. The summed E-state index contributed by atoms with van der Waals surface area (Å²) in [6.45, 7) is 6.14. The van der Waals surface area contributed by atoms with Gasteiger partial charge in [-0.05, 0) is 60.4 Å². The summed E-state index contributed by atoms with van der Waals surface area (Å²) in [5.41, 5.74) is 6.51.